The maximum absolute atomic E-state index is 13.3. The molecule has 1 aliphatic rings. The molecule has 1 N–H and O–H groups in total. The summed E-state index contributed by atoms with van der Waals surface area (Å²) in [5, 5.41) is 7.65. The molecule has 1 aromatic heterocycles. The lowest BCUT2D eigenvalue weighted by atomic mass is 9.90. The van der Waals surface area contributed by atoms with Crippen molar-refractivity contribution in [3.8, 4) is 5.69 Å². The number of benzene rings is 2. The highest BCUT2D eigenvalue weighted by Crippen LogP contribution is 2.33. The number of piperidine rings is 1. The summed E-state index contributed by atoms with van der Waals surface area (Å²) in [5.74, 6) is 0.323. The van der Waals surface area contributed by atoms with Crippen molar-refractivity contribution < 1.29 is 14.3 Å². The van der Waals surface area contributed by atoms with Crippen LogP contribution in [0.4, 0.5) is 10.5 Å². The molecule has 3 aromatic rings. The second-order valence-corrected chi connectivity index (χ2v) is 10.7. The molecular weight excluding hydrogens is 452 g/mol. The summed E-state index contributed by atoms with van der Waals surface area (Å²) in [5.41, 5.74) is 3.81. The zero-order valence-electron chi connectivity index (χ0n) is 21.8. The summed E-state index contributed by atoms with van der Waals surface area (Å²) in [6.07, 6.45) is 2.81. The van der Waals surface area contributed by atoms with Crippen LogP contribution in [0.1, 0.15) is 80.9 Å². The number of anilines is 1. The van der Waals surface area contributed by atoms with E-state index in [1.54, 1.807) is 11.1 Å². The molecule has 0 unspecified atom stereocenters. The van der Waals surface area contributed by atoms with E-state index in [0.29, 0.717) is 24.6 Å². The van der Waals surface area contributed by atoms with Gasteiger partial charge in [-0.25, -0.2) is 9.48 Å². The topological polar surface area (TPSA) is 76.5 Å². The fraction of sp³-hybridized carbons (Fsp3) is 0.414. The van der Waals surface area contributed by atoms with Crippen molar-refractivity contribution in [3.63, 3.8) is 0 Å². The number of aromatic nitrogens is 2. The molecule has 0 spiro atoms. The monoisotopic (exact) mass is 488 g/mol. The van der Waals surface area contributed by atoms with Crippen LogP contribution in [0.3, 0.4) is 0 Å². The largest absolute Gasteiger partial charge is 0.444 e. The fourth-order valence-corrected chi connectivity index (χ4v) is 4.51. The normalized spacial score (nSPS) is 14.7. The molecule has 7 nitrogen and oxygen atoms in total. The fourth-order valence-electron chi connectivity index (χ4n) is 4.51. The van der Waals surface area contributed by atoms with E-state index in [2.05, 4.69) is 48.5 Å². The number of hydrogen-bond donors (Lipinski definition) is 1. The van der Waals surface area contributed by atoms with Crippen LogP contribution in [-0.4, -0.2) is 45.4 Å². The summed E-state index contributed by atoms with van der Waals surface area (Å²) in [6, 6.07) is 17.8. The first kappa shape index (κ1) is 25.5. The predicted octanol–water partition coefficient (Wildman–Crippen LogP) is 6.36. The first-order chi connectivity index (χ1) is 17.1. The molecule has 2 heterocycles. The molecule has 2 amide bonds. The number of likely N-dealkylation sites (tertiary alicyclic amines) is 1. The van der Waals surface area contributed by atoms with E-state index < -0.39 is 5.60 Å². The van der Waals surface area contributed by atoms with Crippen LogP contribution in [0.15, 0.2) is 60.8 Å². The third kappa shape index (κ3) is 5.96. The highest BCUT2D eigenvalue weighted by atomic mass is 16.6. The van der Waals surface area contributed by atoms with E-state index in [1.807, 2.05) is 55.8 Å². The van der Waals surface area contributed by atoms with Gasteiger partial charge in [-0.15, -0.1) is 0 Å². The Balaban J connectivity index is 1.62. The van der Waals surface area contributed by atoms with Crippen molar-refractivity contribution in [2.24, 2.45) is 0 Å². The second kappa shape index (κ2) is 10.6. The van der Waals surface area contributed by atoms with Crippen molar-refractivity contribution in [2.45, 2.75) is 64.9 Å². The van der Waals surface area contributed by atoms with Crippen LogP contribution < -0.4 is 5.32 Å². The number of nitrogens with one attached hydrogen (secondary N) is 1. The average molecular weight is 489 g/mol. The van der Waals surface area contributed by atoms with Gasteiger partial charge < -0.3 is 15.0 Å². The molecule has 4 rings (SSSR count). The van der Waals surface area contributed by atoms with Gasteiger partial charge >= 0.3 is 6.09 Å². The molecule has 0 radical (unpaired) electrons. The molecule has 0 bridgehead atoms. The number of carbonyl (C=O) groups excluding carboxylic acids is 2. The minimum absolute atomic E-state index is 0.0764. The van der Waals surface area contributed by atoms with Crippen LogP contribution >= 0.6 is 0 Å². The van der Waals surface area contributed by atoms with E-state index in [0.717, 1.165) is 29.9 Å². The Kier molecular flexibility index (Phi) is 7.48. The Hall–Kier alpha value is -3.61. The van der Waals surface area contributed by atoms with Gasteiger partial charge in [-0.1, -0.05) is 44.2 Å². The van der Waals surface area contributed by atoms with Gasteiger partial charge in [-0.05, 0) is 69.4 Å². The highest BCUT2D eigenvalue weighted by molar-refractivity contribution is 6.05. The maximum Gasteiger partial charge on any atom is 0.410 e. The maximum atomic E-state index is 13.3. The van der Waals surface area contributed by atoms with Gasteiger partial charge in [0.05, 0.1) is 23.1 Å². The minimum Gasteiger partial charge on any atom is -0.444 e. The van der Waals surface area contributed by atoms with Crippen molar-refractivity contribution >= 4 is 17.7 Å². The third-order valence-electron chi connectivity index (χ3n) is 6.42. The number of hydrogen-bond acceptors (Lipinski definition) is 4. The van der Waals surface area contributed by atoms with Gasteiger partial charge in [-0.3, -0.25) is 4.79 Å². The van der Waals surface area contributed by atoms with Crippen molar-refractivity contribution in [1.82, 2.24) is 14.7 Å². The van der Waals surface area contributed by atoms with E-state index >= 15 is 0 Å². The lowest BCUT2D eigenvalue weighted by molar-refractivity contribution is 0.0203. The Labute approximate surface area is 213 Å². The summed E-state index contributed by atoms with van der Waals surface area (Å²) in [6.45, 7) is 11.1. The second-order valence-electron chi connectivity index (χ2n) is 10.7. The Morgan fingerprint density at radius 2 is 1.64 bits per heavy atom. The molecule has 0 atom stereocenters. The standard InChI is InChI=1S/C29H36N4O3/c1-20(2)21-11-13-24(14-12-21)33-26(22-15-17-32(18-16-22)28(35)36-29(3,4)5)25(19-30-33)27(34)31-23-9-7-6-8-10-23/h6-14,19-20,22H,15-18H2,1-5H3,(H,31,34). The lowest BCUT2D eigenvalue weighted by Crippen LogP contribution is -2.41. The number of rotatable bonds is 5. The molecular formula is C29H36N4O3. The number of carbonyl (C=O) groups is 2. The zero-order chi connectivity index (χ0) is 25.9. The van der Waals surface area contributed by atoms with E-state index in [4.69, 9.17) is 4.74 Å². The SMILES string of the molecule is CC(C)c1ccc(-n2ncc(C(=O)Nc3ccccc3)c2C2CCN(C(=O)OC(C)(C)C)CC2)cc1. The number of nitrogens with zero attached hydrogens (tertiary/aromatic N) is 3. The predicted molar refractivity (Wildman–Crippen MR) is 142 cm³/mol. The zero-order valence-corrected chi connectivity index (χ0v) is 21.8. The van der Waals surface area contributed by atoms with E-state index in [9.17, 15) is 9.59 Å². The molecule has 190 valence electrons. The highest BCUT2D eigenvalue weighted by Gasteiger charge is 2.32. The van der Waals surface area contributed by atoms with Crippen molar-refractivity contribution in [1.29, 1.82) is 0 Å². The first-order valence-corrected chi connectivity index (χ1v) is 12.6. The van der Waals surface area contributed by atoms with Crippen LogP contribution in [0, 0.1) is 0 Å². The van der Waals surface area contributed by atoms with Crippen LogP contribution in [0.25, 0.3) is 5.69 Å². The quantitative estimate of drug-likeness (QED) is 0.453. The summed E-state index contributed by atoms with van der Waals surface area (Å²) < 4.78 is 7.45. The van der Waals surface area contributed by atoms with Crippen LogP contribution in [0.5, 0.6) is 0 Å². The molecule has 7 heteroatoms. The van der Waals surface area contributed by atoms with Gasteiger partial charge in [-0.2, -0.15) is 5.10 Å². The van der Waals surface area contributed by atoms with Gasteiger partial charge in [0.2, 0.25) is 0 Å². The first-order valence-electron chi connectivity index (χ1n) is 12.6. The van der Waals surface area contributed by atoms with Gasteiger partial charge in [0.1, 0.15) is 5.60 Å². The molecule has 0 aliphatic carbocycles. The number of amides is 2. The van der Waals surface area contributed by atoms with E-state index in [1.165, 1.54) is 5.56 Å². The van der Waals surface area contributed by atoms with E-state index in [-0.39, 0.29) is 17.9 Å². The minimum atomic E-state index is -0.530. The summed E-state index contributed by atoms with van der Waals surface area (Å²) in [7, 11) is 0. The summed E-state index contributed by atoms with van der Waals surface area (Å²) >= 11 is 0. The van der Waals surface area contributed by atoms with Crippen molar-refractivity contribution in [2.75, 3.05) is 18.4 Å². The van der Waals surface area contributed by atoms with Crippen LogP contribution in [-0.2, 0) is 4.74 Å². The van der Waals surface area contributed by atoms with Gasteiger partial charge in [0.25, 0.3) is 5.91 Å². The number of para-hydroxylation sites is 1. The Bertz CT molecular complexity index is 1190. The third-order valence-corrected chi connectivity index (χ3v) is 6.42. The smallest absolute Gasteiger partial charge is 0.410 e. The average Bonchev–Trinajstić information content (AvgIpc) is 3.29. The molecule has 1 fully saturated rings. The van der Waals surface area contributed by atoms with Gasteiger partial charge in [0.15, 0.2) is 0 Å². The van der Waals surface area contributed by atoms with Crippen LogP contribution in [0.2, 0.25) is 0 Å². The number of ether oxygens (including phenoxy) is 1. The van der Waals surface area contributed by atoms with Crippen molar-refractivity contribution in [3.05, 3.63) is 77.6 Å². The van der Waals surface area contributed by atoms with Gasteiger partial charge in [0, 0.05) is 24.7 Å². The molecule has 2 aromatic carbocycles. The molecule has 36 heavy (non-hydrogen) atoms. The molecule has 0 saturated carbocycles. The lowest BCUT2D eigenvalue weighted by Gasteiger charge is -2.34. The molecule has 1 saturated heterocycles. The Morgan fingerprint density at radius 1 is 1.00 bits per heavy atom. The molecule has 1 aliphatic heterocycles. The Morgan fingerprint density at radius 3 is 2.22 bits per heavy atom. The summed E-state index contributed by atoms with van der Waals surface area (Å²) in [4.78, 5) is 27.7.